The van der Waals surface area contributed by atoms with Gasteiger partial charge in [0.15, 0.2) is 0 Å². The summed E-state index contributed by atoms with van der Waals surface area (Å²) in [5.41, 5.74) is 0. The number of piperazine rings is 2. The van der Waals surface area contributed by atoms with Crippen molar-refractivity contribution in [3.05, 3.63) is 21.3 Å². The Morgan fingerprint density at radius 3 is 0.875 bits per heavy atom. The van der Waals surface area contributed by atoms with Gasteiger partial charge in [0.25, 0.3) is 0 Å². The molecule has 0 amide bonds. The van der Waals surface area contributed by atoms with Crippen molar-refractivity contribution in [1.82, 2.24) is 0 Å². The van der Waals surface area contributed by atoms with Gasteiger partial charge < -0.3 is 21.3 Å². The van der Waals surface area contributed by atoms with Crippen LogP contribution in [0.2, 0.25) is 0 Å². The minimum atomic E-state index is 0. The molecule has 2 aliphatic rings. The van der Waals surface area contributed by atoms with Gasteiger partial charge in [-0.25, -0.2) is 0 Å². The second-order valence-electron chi connectivity index (χ2n) is 2.78. The topological polar surface area (TPSA) is 80.2 Å². The summed E-state index contributed by atoms with van der Waals surface area (Å²) in [6.45, 7) is 7.67. The Bertz CT molecular complexity index is 121. The monoisotopic (exact) mass is 285 g/mol. The van der Waals surface area contributed by atoms with Crippen LogP contribution in [0, 0.1) is 10.7 Å². The summed E-state index contributed by atoms with van der Waals surface area (Å²) in [5, 5.41) is 25.0. The Morgan fingerprint density at radius 2 is 0.812 bits per heavy atom. The fraction of sp³-hybridized carbons (Fsp3) is 0.889. The second kappa shape index (κ2) is 17.6. The second-order valence-corrected chi connectivity index (χ2v) is 2.98. The molecule has 0 bridgehead atoms. The molecule has 0 radical (unpaired) electrons. The Morgan fingerprint density at radius 1 is 0.688 bits per heavy atom. The molecule has 0 aromatic heterocycles. The van der Waals surface area contributed by atoms with Gasteiger partial charge in [0, 0.05) is 0 Å². The zero-order valence-corrected chi connectivity index (χ0v) is 11.0. The first-order chi connectivity index (χ1) is 7.41. The summed E-state index contributed by atoms with van der Waals surface area (Å²) < 4.78 is 0. The van der Waals surface area contributed by atoms with E-state index < -0.39 is 0 Å². The van der Waals surface area contributed by atoms with E-state index in [1.165, 1.54) is 5.40 Å². The van der Waals surface area contributed by atoms with Gasteiger partial charge in [-0.05, 0) is 0 Å². The summed E-state index contributed by atoms with van der Waals surface area (Å²) in [6.07, 6.45) is 0. The average molecular weight is 286 g/mol. The number of thiocyanates is 1. The van der Waals surface area contributed by atoms with Gasteiger partial charge in [-0.15, -0.1) is 0 Å². The van der Waals surface area contributed by atoms with E-state index in [0.29, 0.717) is 0 Å². The SMILES string of the molecule is C1C[N-]CC[N-]1.C1C[N-]CC[N-]1.N#CS.[Ni+2]. The average Bonchev–Trinajstić information content (AvgIpc) is 2.35. The number of thiol groups is 1. The van der Waals surface area contributed by atoms with Crippen molar-refractivity contribution < 1.29 is 16.5 Å². The number of hydrogen-bond acceptors (Lipinski definition) is 2. The molecule has 2 fully saturated rings. The smallest absolute Gasteiger partial charge is 0.665 e. The fourth-order valence-corrected chi connectivity index (χ4v) is 1.01. The van der Waals surface area contributed by atoms with Gasteiger partial charge >= 0.3 is 16.5 Å². The molecule has 2 rings (SSSR count). The van der Waals surface area contributed by atoms with Gasteiger partial charge in [-0.1, -0.05) is 12.6 Å². The van der Waals surface area contributed by atoms with Crippen LogP contribution in [0.15, 0.2) is 0 Å². The van der Waals surface area contributed by atoms with Crippen molar-refractivity contribution in [2.75, 3.05) is 52.4 Å². The van der Waals surface area contributed by atoms with E-state index in [-0.39, 0.29) is 16.5 Å². The van der Waals surface area contributed by atoms with Crippen LogP contribution in [-0.4, -0.2) is 52.4 Å². The summed E-state index contributed by atoms with van der Waals surface area (Å²) in [7, 11) is 0. The molecule has 0 N–H and O–H groups in total. The van der Waals surface area contributed by atoms with Crippen molar-refractivity contribution in [2.45, 2.75) is 0 Å². The van der Waals surface area contributed by atoms with Crippen LogP contribution in [-0.2, 0) is 16.5 Å². The Hall–Kier alpha value is 0.174. The molecule has 0 unspecified atom stereocenters. The third kappa shape index (κ3) is 16.6. The maximum absolute atomic E-state index is 7.18. The van der Waals surface area contributed by atoms with Gasteiger partial charge in [0.05, 0.1) is 0 Å². The van der Waals surface area contributed by atoms with Crippen molar-refractivity contribution in [3.63, 3.8) is 0 Å². The zero-order chi connectivity index (χ0) is 11.2. The minimum absolute atomic E-state index is 0. The quantitative estimate of drug-likeness (QED) is 0.412. The maximum Gasteiger partial charge on any atom is 2.00 e. The molecule has 5 nitrogen and oxygen atoms in total. The fourth-order valence-electron chi connectivity index (χ4n) is 1.01. The van der Waals surface area contributed by atoms with Gasteiger partial charge in [0.2, 0.25) is 0 Å². The van der Waals surface area contributed by atoms with Crippen LogP contribution in [0.3, 0.4) is 0 Å². The number of rotatable bonds is 0. The molecule has 2 aliphatic heterocycles. The van der Waals surface area contributed by atoms with Crippen molar-refractivity contribution in [1.29, 1.82) is 5.26 Å². The zero-order valence-electron chi connectivity index (χ0n) is 9.16. The normalized spacial score (nSPS) is 18.5. The number of nitrogens with zero attached hydrogens (tertiary/aromatic N) is 5. The van der Waals surface area contributed by atoms with Gasteiger partial charge in [-0.3, -0.25) is 0 Å². The molecule has 7 heteroatoms. The predicted octanol–water partition coefficient (Wildman–Crippen LogP) is 1.89. The number of nitriles is 1. The molecule has 0 saturated carbocycles. The summed E-state index contributed by atoms with van der Waals surface area (Å²) in [4.78, 5) is 0. The van der Waals surface area contributed by atoms with E-state index >= 15 is 0 Å². The van der Waals surface area contributed by atoms with E-state index in [0.717, 1.165) is 52.4 Å². The summed E-state index contributed by atoms with van der Waals surface area (Å²) in [5.74, 6) is 0. The van der Waals surface area contributed by atoms with Gasteiger partial charge in [0.1, 0.15) is 5.40 Å². The third-order valence-electron chi connectivity index (χ3n) is 1.66. The van der Waals surface area contributed by atoms with Crippen molar-refractivity contribution >= 4 is 12.6 Å². The molecular weight excluding hydrogens is 269 g/mol. The van der Waals surface area contributed by atoms with E-state index in [4.69, 9.17) is 5.26 Å². The Kier molecular flexibility index (Phi) is 20.3. The molecule has 2 heterocycles. The first kappa shape index (κ1) is 18.5. The van der Waals surface area contributed by atoms with Crippen molar-refractivity contribution in [3.8, 4) is 5.40 Å². The maximum atomic E-state index is 7.18. The minimum Gasteiger partial charge on any atom is -0.665 e. The molecule has 2 saturated heterocycles. The molecule has 0 spiro atoms. The standard InChI is InChI=1S/2C4H8N2.CHNS.Ni/c2*1-2-6-4-3-5-1;2-1-3;/h2*1-4H2;3H;/q2*-2;;+2. The summed E-state index contributed by atoms with van der Waals surface area (Å²) >= 11 is 3.09. The van der Waals surface area contributed by atoms with E-state index in [1.807, 2.05) is 0 Å². The molecule has 0 aliphatic carbocycles. The van der Waals surface area contributed by atoms with Crippen LogP contribution in [0.4, 0.5) is 0 Å². The van der Waals surface area contributed by atoms with Crippen LogP contribution in [0.25, 0.3) is 21.3 Å². The molecule has 0 aromatic rings. The number of hydrogen-bond donors (Lipinski definition) is 1. The molecular formula is C9H17N5NiS-2. The van der Waals surface area contributed by atoms with Crippen LogP contribution in [0.1, 0.15) is 0 Å². The predicted molar refractivity (Wildman–Crippen MR) is 67.0 cm³/mol. The molecule has 16 heavy (non-hydrogen) atoms. The van der Waals surface area contributed by atoms with E-state index in [1.54, 1.807) is 0 Å². The first-order valence-corrected chi connectivity index (χ1v) is 5.42. The van der Waals surface area contributed by atoms with Crippen LogP contribution >= 0.6 is 12.6 Å². The van der Waals surface area contributed by atoms with E-state index in [9.17, 15) is 0 Å². The van der Waals surface area contributed by atoms with E-state index in [2.05, 4.69) is 33.9 Å². The Labute approximate surface area is 113 Å². The first-order valence-electron chi connectivity index (χ1n) is 4.98. The molecule has 96 valence electrons. The van der Waals surface area contributed by atoms with Crippen molar-refractivity contribution in [2.24, 2.45) is 0 Å². The van der Waals surface area contributed by atoms with Gasteiger partial charge in [-0.2, -0.15) is 57.6 Å². The Balaban J connectivity index is 0. The molecule has 0 atom stereocenters. The largest absolute Gasteiger partial charge is 2.00 e. The third-order valence-corrected chi connectivity index (χ3v) is 1.66. The summed E-state index contributed by atoms with van der Waals surface area (Å²) in [6, 6.07) is 0. The molecule has 0 aromatic carbocycles. The van der Waals surface area contributed by atoms with Crippen LogP contribution < -0.4 is 0 Å². The van der Waals surface area contributed by atoms with Crippen LogP contribution in [0.5, 0.6) is 0 Å².